The SMILES string of the molecule is C#C[C@H](NC)C(=O)N[C@H](C(=O)N(C)CCC1C[C@@H](C(=O)NCc2ccc(F)cc2)CN1S(C)(=O)=O)C(C)(C)C. The number of hydrogen-bond acceptors (Lipinski definition) is 6. The van der Waals surface area contributed by atoms with Crippen LogP contribution < -0.4 is 16.0 Å². The summed E-state index contributed by atoms with van der Waals surface area (Å²) >= 11 is 0. The molecule has 1 saturated heterocycles. The predicted molar refractivity (Wildman–Crippen MR) is 147 cm³/mol. The van der Waals surface area contributed by atoms with E-state index in [1.165, 1.54) is 21.3 Å². The zero-order valence-electron chi connectivity index (χ0n) is 23.5. The van der Waals surface area contributed by atoms with Crippen molar-refractivity contribution in [3.05, 3.63) is 35.6 Å². The van der Waals surface area contributed by atoms with Crippen molar-refractivity contribution in [1.82, 2.24) is 25.2 Å². The molecule has 1 unspecified atom stereocenters. The molecule has 1 fully saturated rings. The van der Waals surface area contributed by atoms with Gasteiger partial charge in [-0.05, 0) is 43.0 Å². The van der Waals surface area contributed by atoms with Crippen LogP contribution in [0.3, 0.4) is 0 Å². The van der Waals surface area contributed by atoms with Crippen LogP contribution in [-0.2, 0) is 31.0 Å². The third kappa shape index (κ3) is 9.02. The molecule has 1 heterocycles. The van der Waals surface area contributed by atoms with Crippen LogP contribution in [0.1, 0.15) is 39.2 Å². The molecule has 0 saturated carbocycles. The lowest BCUT2D eigenvalue weighted by molar-refractivity contribution is -0.138. The lowest BCUT2D eigenvalue weighted by atomic mass is 9.85. The first-order chi connectivity index (χ1) is 18.1. The van der Waals surface area contributed by atoms with Crippen molar-refractivity contribution in [2.24, 2.45) is 11.3 Å². The molecule has 0 aromatic heterocycles. The summed E-state index contributed by atoms with van der Waals surface area (Å²) in [5.74, 6) is 0.287. The second-order valence-corrected chi connectivity index (χ2v) is 12.9. The van der Waals surface area contributed by atoms with Crippen LogP contribution in [-0.4, -0.2) is 86.9 Å². The molecule has 0 spiro atoms. The fraction of sp³-hybridized carbons (Fsp3) is 0.593. The van der Waals surface area contributed by atoms with E-state index in [1.807, 2.05) is 20.8 Å². The van der Waals surface area contributed by atoms with Crippen LogP contribution >= 0.6 is 0 Å². The van der Waals surface area contributed by atoms with Crippen molar-refractivity contribution in [3.8, 4) is 12.3 Å². The van der Waals surface area contributed by atoms with Gasteiger partial charge < -0.3 is 15.5 Å². The summed E-state index contributed by atoms with van der Waals surface area (Å²) in [6, 6.07) is 3.53. The number of likely N-dealkylation sites (N-methyl/N-ethyl adjacent to an activating group) is 2. The number of hydrogen-bond donors (Lipinski definition) is 3. The van der Waals surface area contributed by atoms with Gasteiger partial charge in [0.15, 0.2) is 0 Å². The Balaban J connectivity index is 2.05. The molecule has 39 heavy (non-hydrogen) atoms. The molecule has 12 heteroatoms. The third-order valence-corrected chi connectivity index (χ3v) is 8.13. The van der Waals surface area contributed by atoms with Gasteiger partial charge in [-0.15, -0.1) is 6.42 Å². The van der Waals surface area contributed by atoms with Crippen molar-refractivity contribution >= 4 is 27.7 Å². The molecule has 1 aromatic carbocycles. The standard InChI is InChI=1S/C27H40FN5O5S/c1-8-22(29-5)25(35)31-23(27(2,3)4)26(36)32(6)14-13-21-15-19(17-33(21)39(7,37)38)24(34)30-16-18-9-11-20(28)12-10-18/h1,9-12,19,21-23,29H,13-17H2,2-7H3,(H,30,34)(H,31,35)/t19-,21?,22+,23-/m1/s1. The second kappa shape index (κ2) is 13.4. The van der Waals surface area contributed by atoms with E-state index in [1.54, 1.807) is 26.2 Å². The molecule has 1 aliphatic rings. The molecule has 0 bridgehead atoms. The molecule has 2 rings (SSSR count). The summed E-state index contributed by atoms with van der Waals surface area (Å²) < 4.78 is 39.4. The van der Waals surface area contributed by atoms with E-state index < -0.39 is 45.4 Å². The normalized spacial score (nSPS) is 19.5. The first kappa shape index (κ1) is 32.2. The van der Waals surface area contributed by atoms with Gasteiger partial charge in [-0.3, -0.25) is 19.7 Å². The summed E-state index contributed by atoms with van der Waals surface area (Å²) in [7, 11) is -0.459. The van der Waals surface area contributed by atoms with Crippen LogP contribution in [0.15, 0.2) is 24.3 Å². The van der Waals surface area contributed by atoms with Crippen LogP contribution in [0.5, 0.6) is 0 Å². The molecule has 1 aromatic rings. The van der Waals surface area contributed by atoms with Gasteiger partial charge in [0.2, 0.25) is 27.7 Å². The zero-order chi connectivity index (χ0) is 29.5. The Morgan fingerprint density at radius 1 is 1.23 bits per heavy atom. The fourth-order valence-corrected chi connectivity index (χ4v) is 5.70. The third-order valence-electron chi connectivity index (χ3n) is 6.83. The summed E-state index contributed by atoms with van der Waals surface area (Å²) in [6.07, 6.45) is 7.10. The van der Waals surface area contributed by atoms with Gasteiger partial charge in [-0.2, -0.15) is 4.31 Å². The molecule has 0 radical (unpaired) electrons. The summed E-state index contributed by atoms with van der Waals surface area (Å²) in [5, 5.41) is 8.24. The number of benzene rings is 1. The van der Waals surface area contributed by atoms with Crippen molar-refractivity contribution in [2.45, 2.75) is 58.3 Å². The number of halogens is 1. The minimum atomic E-state index is -3.60. The number of carbonyl (C=O) groups is 3. The van der Waals surface area contributed by atoms with Gasteiger partial charge in [-0.1, -0.05) is 38.8 Å². The Kier molecular flexibility index (Phi) is 11.0. The first-order valence-electron chi connectivity index (χ1n) is 12.8. The average molecular weight is 566 g/mol. The van der Waals surface area contributed by atoms with E-state index in [0.29, 0.717) is 12.8 Å². The Morgan fingerprint density at radius 2 is 1.85 bits per heavy atom. The van der Waals surface area contributed by atoms with Crippen molar-refractivity contribution < 1.29 is 27.2 Å². The van der Waals surface area contributed by atoms with Crippen molar-refractivity contribution in [2.75, 3.05) is 33.4 Å². The van der Waals surface area contributed by atoms with Gasteiger partial charge >= 0.3 is 0 Å². The number of amides is 3. The lowest BCUT2D eigenvalue weighted by Gasteiger charge is -2.34. The summed E-state index contributed by atoms with van der Waals surface area (Å²) in [4.78, 5) is 40.2. The minimum absolute atomic E-state index is 0.0363. The van der Waals surface area contributed by atoms with E-state index in [-0.39, 0.29) is 37.3 Å². The molecular formula is C27H40FN5O5S. The van der Waals surface area contributed by atoms with E-state index in [0.717, 1.165) is 11.8 Å². The number of sulfonamides is 1. The zero-order valence-corrected chi connectivity index (χ0v) is 24.3. The van der Waals surface area contributed by atoms with Crippen molar-refractivity contribution in [1.29, 1.82) is 0 Å². The quantitative estimate of drug-likeness (QED) is 0.339. The Labute approximate surface area is 231 Å². The van der Waals surface area contributed by atoms with E-state index in [4.69, 9.17) is 6.42 Å². The molecule has 10 nitrogen and oxygen atoms in total. The van der Waals surface area contributed by atoms with E-state index >= 15 is 0 Å². The second-order valence-electron chi connectivity index (χ2n) is 11.0. The molecule has 3 amide bonds. The van der Waals surface area contributed by atoms with Gasteiger partial charge in [0.05, 0.1) is 12.2 Å². The average Bonchev–Trinajstić information content (AvgIpc) is 3.30. The smallest absolute Gasteiger partial charge is 0.250 e. The van der Waals surface area contributed by atoms with E-state index in [9.17, 15) is 27.2 Å². The lowest BCUT2D eigenvalue weighted by Crippen LogP contribution is -2.57. The highest BCUT2D eigenvalue weighted by Gasteiger charge is 2.41. The van der Waals surface area contributed by atoms with Gasteiger partial charge in [0, 0.05) is 32.7 Å². The molecule has 4 atom stereocenters. The summed E-state index contributed by atoms with van der Waals surface area (Å²) in [5.41, 5.74) is 0.108. The Morgan fingerprint density at radius 3 is 2.36 bits per heavy atom. The number of carbonyl (C=O) groups excluding carboxylic acids is 3. The largest absolute Gasteiger partial charge is 0.352 e. The Bertz CT molecular complexity index is 1180. The highest BCUT2D eigenvalue weighted by Crippen LogP contribution is 2.29. The number of nitrogens with zero attached hydrogens (tertiary/aromatic N) is 2. The highest BCUT2D eigenvalue weighted by atomic mass is 32.2. The van der Waals surface area contributed by atoms with Gasteiger partial charge in [-0.25, -0.2) is 12.8 Å². The maximum Gasteiger partial charge on any atom is 0.250 e. The minimum Gasteiger partial charge on any atom is -0.352 e. The van der Waals surface area contributed by atoms with Crippen molar-refractivity contribution in [3.63, 3.8) is 0 Å². The summed E-state index contributed by atoms with van der Waals surface area (Å²) in [6.45, 7) is 5.92. The number of terminal acetylenes is 1. The first-order valence-corrected chi connectivity index (χ1v) is 14.6. The Hall–Kier alpha value is -3.01. The maximum absolute atomic E-state index is 13.3. The van der Waals surface area contributed by atoms with Gasteiger partial charge in [0.1, 0.15) is 17.9 Å². The topological polar surface area (TPSA) is 128 Å². The monoisotopic (exact) mass is 565 g/mol. The van der Waals surface area contributed by atoms with Crippen LogP contribution in [0.25, 0.3) is 0 Å². The maximum atomic E-state index is 13.3. The van der Waals surface area contributed by atoms with Gasteiger partial charge in [0.25, 0.3) is 0 Å². The molecular weight excluding hydrogens is 525 g/mol. The number of nitrogens with one attached hydrogen (secondary N) is 3. The van der Waals surface area contributed by atoms with E-state index in [2.05, 4.69) is 21.9 Å². The molecule has 3 N–H and O–H groups in total. The highest BCUT2D eigenvalue weighted by molar-refractivity contribution is 7.88. The molecule has 1 aliphatic heterocycles. The van der Waals surface area contributed by atoms with Crippen LogP contribution in [0.2, 0.25) is 0 Å². The molecule has 216 valence electrons. The fourth-order valence-electron chi connectivity index (χ4n) is 4.52. The van der Waals surface area contributed by atoms with Crippen LogP contribution in [0, 0.1) is 29.5 Å². The molecule has 0 aliphatic carbocycles. The number of rotatable bonds is 11. The van der Waals surface area contributed by atoms with Crippen LogP contribution in [0.4, 0.5) is 4.39 Å². The predicted octanol–water partition coefficient (Wildman–Crippen LogP) is 0.693.